The Morgan fingerprint density at radius 1 is 1.09 bits per heavy atom. The molecule has 0 spiro atoms. The Morgan fingerprint density at radius 3 is 2.53 bits per heavy atom. The molecule has 170 valence electrons. The van der Waals surface area contributed by atoms with E-state index in [0.717, 1.165) is 23.9 Å². The first kappa shape index (κ1) is 22.8. The number of imidazole rings is 1. The van der Waals surface area contributed by atoms with Crippen molar-refractivity contribution in [3.05, 3.63) is 94.9 Å². The van der Waals surface area contributed by atoms with Gasteiger partial charge in [-0.15, -0.1) is 0 Å². The van der Waals surface area contributed by atoms with E-state index in [1.54, 1.807) is 19.1 Å². The number of anilines is 2. The third kappa shape index (κ3) is 4.29. The first-order valence-electron chi connectivity index (χ1n) is 10.3. The molecule has 0 bridgehead atoms. The minimum absolute atomic E-state index is 0.324. The number of aromatic nitrogens is 2. The van der Waals surface area contributed by atoms with Gasteiger partial charge in [-0.05, 0) is 99.6 Å². The van der Waals surface area contributed by atoms with Crippen molar-refractivity contribution in [3.63, 3.8) is 0 Å². The summed E-state index contributed by atoms with van der Waals surface area (Å²) in [6, 6.07) is 19.7. The number of carboxylic acid groups (broad SMARTS) is 1. The van der Waals surface area contributed by atoms with E-state index in [1.807, 2.05) is 47.0 Å². The Labute approximate surface area is 221 Å². The average Bonchev–Trinajstić information content (AvgIpc) is 3.08. The molecule has 3 aromatic carbocycles. The standard InChI is InChI=1S/C25H17I2N3O4/c1-13-18-10-19-20(11-21(18)34-24(33)22(13)23(31)32)30(12-14-4-2-5-15(26)8-14)25(29-19)28-17-7-3-6-16(27)9-17/h2-11H,12H2,1H3,(H,28,29)(H,31,32). The van der Waals surface area contributed by atoms with Crippen molar-refractivity contribution in [2.45, 2.75) is 13.5 Å². The van der Waals surface area contributed by atoms with E-state index in [0.29, 0.717) is 34.5 Å². The highest BCUT2D eigenvalue weighted by atomic mass is 127. The Kier molecular flexibility index (Phi) is 6.06. The number of rotatable bonds is 5. The van der Waals surface area contributed by atoms with Crippen LogP contribution < -0.4 is 10.9 Å². The molecule has 7 nitrogen and oxygen atoms in total. The SMILES string of the molecule is Cc1c(C(=O)O)c(=O)oc2cc3c(cc12)nc(Nc1cccc(I)c1)n3Cc1cccc(I)c1. The van der Waals surface area contributed by atoms with Crippen molar-refractivity contribution >= 4 is 84.8 Å². The number of aryl methyl sites for hydroxylation is 1. The maximum absolute atomic E-state index is 12.3. The van der Waals surface area contributed by atoms with Crippen LogP contribution in [0.5, 0.6) is 0 Å². The van der Waals surface area contributed by atoms with Crippen LogP contribution in [0.4, 0.5) is 11.6 Å². The number of nitrogens with one attached hydrogen (secondary N) is 1. The van der Waals surface area contributed by atoms with Crippen LogP contribution >= 0.6 is 45.2 Å². The first-order chi connectivity index (χ1) is 16.3. The second kappa shape index (κ2) is 9.02. The lowest BCUT2D eigenvalue weighted by molar-refractivity contribution is 0.0691. The molecule has 0 radical (unpaired) electrons. The number of aromatic carboxylic acids is 1. The van der Waals surface area contributed by atoms with Crippen molar-refractivity contribution in [3.8, 4) is 0 Å². The minimum Gasteiger partial charge on any atom is -0.477 e. The summed E-state index contributed by atoms with van der Waals surface area (Å²) in [5, 5.41) is 13.4. The van der Waals surface area contributed by atoms with Gasteiger partial charge in [0.1, 0.15) is 11.1 Å². The molecule has 9 heteroatoms. The van der Waals surface area contributed by atoms with E-state index < -0.39 is 11.6 Å². The van der Waals surface area contributed by atoms with Gasteiger partial charge >= 0.3 is 11.6 Å². The van der Waals surface area contributed by atoms with Crippen LogP contribution in [-0.2, 0) is 6.54 Å². The van der Waals surface area contributed by atoms with Crippen LogP contribution in [0.3, 0.4) is 0 Å². The number of carbonyl (C=O) groups is 1. The Balaban J connectivity index is 1.74. The smallest absolute Gasteiger partial charge is 0.351 e. The maximum Gasteiger partial charge on any atom is 0.351 e. The highest BCUT2D eigenvalue weighted by Gasteiger charge is 2.20. The van der Waals surface area contributed by atoms with Crippen molar-refractivity contribution in [1.82, 2.24) is 9.55 Å². The van der Waals surface area contributed by atoms with Crippen LogP contribution in [0.2, 0.25) is 0 Å². The van der Waals surface area contributed by atoms with Crippen molar-refractivity contribution < 1.29 is 14.3 Å². The number of hydrogen-bond donors (Lipinski definition) is 2. The molecule has 2 N–H and O–H groups in total. The quantitative estimate of drug-likeness (QED) is 0.171. The summed E-state index contributed by atoms with van der Waals surface area (Å²) >= 11 is 4.54. The zero-order valence-corrected chi connectivity index (χ0v) is 22.1. The Bertz CT molecular complexity index is 1660. The Hall–Kier alpha value is -2.93. The largest absolute Gasteiger partial charge is 0.477 e. The van der Waals surface area contributed by atoms with E-state index >= 15 is 0 Å². The maximum atomic E-state index is 12.3. The lowest BCUT2D eigenvalue weighted by Gasteiger charge is -2.12. The molecule has 0 aliphatic carbocycles. The third-order valence-corrected chi connectivity index (χ3v) is 6.90. The van der Waals surface area contributed by atoms with Gasteiger partial charge in [-0.1, -0.05) is 18.2 Å². The molecule has 5 aromatic rings. The zero-order valence-electron chi connectivity index (χ0n) is 17.8. The van der Waals surface area contributed by atoms with Crippen LogP contribution in [-0.4, -0.2) is 20.6 Å². The zero-order chi connectivity index (χ0) is 24.0. The number of fused-ring (bicyclic) bond motifs is 2. The van der Waals surface area contributed by atoms with Gasteiger partial charge < -0.3 is 19.4 Å². The second-order valence-electron chi connectivity index (χ2n) is 7.82. The molecule has 0 atom stereocenters. The minimum atomic E-state index is -1.31. The van der Waals surface area contributed by atoms with Crippen LogP contribution in [0.1, 0.15) is 21.5 Å². The molecule has 0 saturated carbocycles. The highest BCUT2D eigenvalue weighted by Crippen LogP contribution is 2.30. The highest BCUT2D eigenvalue weighted by molar-refractivity contribution is 14.1. The fraction of sp³-hybridized carbons (Fsp3) is 0.0800. The summed E-state index contributed by atoms with van der Waals surface area (Å²) in [7, 11) is 0. The van der Waals surface area contributed by atoms with Gasteiger partial charge in [0.2, 0.25) is 5.95 Å². The molecule has 2 heterocycles. The van der Waals surface area contributed by atoms with E-state index in [2.05, 4.69) is 56.6 Å². The van der Waals surface area contributed by atoms with Crippen LogP contribution in [0.15, 0.2) is 69.9 Å². The van der Waals surface area contributed by atoms with E-state index in [4.69, 9.17) is 9.40 Å². The third-order valence-electron chi connectivity index (χ3n) is 5.56. The molecule has 0 saturated heterocycles. The fourth-order valence-electron chi connectivity index (χ4n) is 3.98. The van der Waals surface area contributed by atoms with E-state index in [9.17, 15) is 14.7 Å². The molecule has 0 aliphatic heterocycles. The molecule has 0 unspecified atom stereocenters. The van der Waals surface area contributed by atoms with Gasteiger partial charge in [-0.2, -0.15) is 0 Å². The monoisotopic (exact) mass is 677 g/mol. The van der Waals surface area contributed by atoms with E-state index in [1.165, 1.54) is 0 Å². The predicted molar refractivity (Wildman–Crippen MR) is 148 cm³/mol. The number of nitrogens with zero attached hydrogens (tertiary/aromatic N) is 2. The number of halogens is 2. The molecular weight excluding hydrogens is 660 g/mol. The fourth-order valence-corrected chi connectivity index (χ4v) is 5.14. The summed E-state index contributed by atoms with van der Waals surface area (Å²) in [5.41, 5.74) is 2.89. The molecule has 34 heavy (non-hydrogen) atoms. The summed E-state index contributed by atoms with van der Waals surface area (Å²) in [4.78, 5) is 28.7. The summed E-state index contributed by atoms with van der Waals surface area (Å²) in [6.45, 7) is 2.16. The molecule has 0 amide bonds. The molecule has 2 aromatic heterocycles. The van der Waals surface area contributed by atoms with Gasteiger partial charge in [0.25, 0.3) is 0 Å². The van der Waals surface area contributed by atoms with Crippen molar-refractivity contribution in [2.75, 3.05) is 5.32 Å². The summed E-state index contributed by atoms with van der Waals surface area (Å²) in [5.74, 6) is -0.678. The lowest BCUT2D eigenvalue weighted by Crippen LogP contribution is -2.15. The van der Waals surface area contributed by atoms with Gasteiger partial charge in [-0.25, -0.2) is 14.6 Å². The number of carboxylic acids is 1. The molecular formula is C25H17I2N3O4. The van der Waals surface area contributed by atoms with Crippen LogP contribution in [0.25, 0.3) is 22.0 Å². The number of hydrogen-bond acceptors (Lipinski definition) is 5. The van der Waals surface area contributed by atoms with Gasteiger partial charge in [0, 0.05) is 24.3 Å². The van der Waals surface area contributed by atoms with Crippen molar-refractivity contribution in [2.24, 2.45) is 0 Å². The van der Waals surface area contributed by atoms with E-state index in [-0.39, 0.29) is 5.56 Å². The second-order valence-corrected chi connectivity index (χ2v) is 10.3. The Morgan fingerprint density at radius 2 is 1.82 bits per heavy atom. The topological polar surface area (TPSA) is 97.4 Å². The van der Waals surface area contributed by atoms with Crippen molar-refractivity contribution in [1.29, 1.82) is 0 Å². The number of benzene rings is 3. The van der Waals surface area contributed by atoms with Crippen LogP contribution in [0, 0.1) is 14.1 Å². The van der Waals surface area contributed by atoms with Gasteiger partial charge in [0.05, 0.1) is 17.6 Å². The molecule has 5 rings (SSSR count). The summed E-state index contributed by atoms with van der Waals surface area (Å²) < 4.78 is 9.65. The molecule has 0 aliphatic rings. The van der Waals surface area contributed by atoms with Gasteiger partial charge in [-0.3, -0.25) is 0 Å². The lowest BCUT2D eigenvalue weighted by atomic mass is 10.1. The predicted octanol–water partition coefficient (Wildman–Crippen LogP) is 6.15. The normalized spacial score (nSPS) is 11.3. The van der Waals surface area contributed by atoms with Gasteiger partial charge in [0.15, 0.2) is 0 Å². The average molecular weight is 677 g/mol. The molecule has 0 fully saturated rings. The first-order valence-corrected chi connectivity index (χ1v) is 12.4. The summed E-state index contributed by atoms with van der Waals surface area (Å²) in [6.07, 6.45) is 0.